The first kappa shape index (κ1) is 15.1. The van der Waals surface area contributed by atoms with Crippen LogP contribution in [0.3, 0.4) is 0 Å². The number of hydrogen-bond donors (Lipinski definition) is 1. The quantitative estimate of drug-likeness (QED) is 0.745. The third-order valence-corrected chi connectivity index (χ3v) is 3.63. The van der Waals surface area contributed by atoms with Gasteiger partial charge in [-0.3, -0.25) is 4.79 Å². The number of carbonyl (C=O) groups excluding carboxylic acids is 1. The van der Waals surface area contributed by atoms with Gasteiger partial charge in [-0.15, -0.1) is 0 Å². The molecule has 0 aliphatic rings. The number of hydrogen-bond acceptors (Lipinski definition) is 1. The summed E-state index contributed by atoms with van der Waals surface area (Å²) in [6, 6.07) is 7.21. The molecule has 0 radical (unpaired) electrons. The number of benzene rings is 2. The van der Waals surface area contributed by atoms with Crippen molar-refractivity contribution < 1.29 is 13.6 Å². The third kappa shape index (κ3) is 3.24. The van der Waals surface area contributed by atoms with Crippen LogP contribution in [0, 0.1) is 18.6 Å². The SMILES string of the molecule is Cc1cc(Br)ccc1C(=O)Nc1c(F)cc(Br)cc1F. The molecule has 0 saturated heterocycles. The number of anilines is 1. The summed E-state index contributed by atoms with van der Waals surface area (Å²) in [5, 5.41) is 2.26. The standard InChI is InChI=1S/C14H9Br2F2NO/c1-7-4-8(15)2-3-10(7)14(20)19-13-11(17)5-9(16)6-12(13)18/h2-6H,1H3,(H,19,20). The van der Waals surface area contributed by atoms with Gasteiger partial charge in [-0.1, -0.05) is 31.9 Å². The van der Waals surface area contributed by atoms with Crippen molar-refractivity contribution in [1.29, 1.82) is 0 Å². The molecule has 6 heteroatoms. The molecule has 1 amide bonds. The van der Waals surface area contributed by atoms with E-state index in [1.54, 1.807) is 25.1 Å². The van der Waals surface area contributed by atoms with Crippen LogP contribution >= 0.6 is 31.9 Å². The average molecular weight is 405 g/mol. The first-order valence-electron chi connectivity index (χ1n) is 5.60. The summed E-state index contributed by atoms with van der Waals surface area (Å²) in [7, 11) is 0. The van der Waals surface area contributed by atoms with E-state index < -0.39 is 23.2 Å². The fraction of sp³-hybridized carbons (Fsp3) is 0.0714. The van der Waals surface area contributed by atoms with Gasteiger partial charge in [-0.05, 0) is 42.8 Å². The number of carbonyl (C=O) groups is 1. The molecule has 2 rings (SSSR count). The maximum atomic E-state index is 13.7. The van der Waals surface area contributed by atoms with Crippen molar-refractivity contribution in [1.82, 2.24) is 0 Å². The van der Waals surface area contributed by atoms with Gasteiger partial charge in [0, 0.05) is 14.5 Å². The zero-order valence-corrected chi connectivity index (χ0v) is 13.5. The maximum absolute atomic E-state index is 13.7. The Morgan fingerprint density at radius 1 is 1.05 bits per heavy atom. The molecule has 0 atom stereocenters. The summed E-state index contributed by atoms with van der Waals surface area (Å²) in [6.45, 7) is 1.74. The minimum absolute atomic E-state index is 0.269. The van der Waals surface area contributed by atoms with E-state index in [-0.39, 0.29) is 4.47 Å². The van der Waals surface area contributed by atoms with E-state index in [1.807, 2.05) is 0 Å². The minimum Gasteiger partial charge on any atom is -0.317 e. The number of amides is 1. The molecule has 0 bridgehead atoms. The van der Waals surface area contributed by atoms with E-state index >= 15 is 0 Å². The summed E-state index contributed by atoms with van der Waals surface area (Å²) in [5.74, 6) is -2.23. The van der Waals surface area contributed by atoms with Crippen LogP contribution in [0.2, 0.25) is 0 Å². The molecule has 2 aromatic rings. The van der Waals surface area contributed by atoms with Crippen LogP contribution in [-0.4, -0.2) is 5.91 Å². The molecular formula is C14H9Br2F2NO. The highest BCUT2D eigenvalue weighted by Gasteiger charge is 2.16. The second-order valence-electron chi connectivity index (χ2n) is 4.16. The lowest BCUT2D eigenvalue weighted by Gasteiger charge is -2.10. The Morgan fingerprint density at radius 3 is 2.20 bits per heavy atom. The first-order chi connectivity index (χ1) is 9.38. The highest BCUT2D eigenvalue weighted by atomic mass is 79.9. The smallest absolute Gasteiger partial charge is 0.256 e. The van der Waals surface area contributed by atoms with Gasteiger partial charge >= 0.3 is 0 Å². The van der Waals surface area contributed by atoms with Gasteiger partial charge in [-0.2, -0.15) is 0 Å². The Kier molecular flexibility index (Phi) is 4.55. The number of rotatable bonds is 2. The Hall–Kier alpha value is -1.27. The molecule has 104 valence electrons. The van der Waals surface area contributed by atoms with Crippen LogP contribution in [0.1, 0.15) is 15.9 Å². The lowest BCUT2D eigenvalue weighted by Crippen LogP contribution is -2.15. The van der Waals surface area contributed by atoms with Crippen LogP contribution in [0.15, 0.2) is 39.3 Å². The fourth-order valence-electron chi connectivity index (χ4n) is 1.72. The van der Waals surface area contributed by atoms with Crippen LogP contribution in [0.25, 0.3) is 0 Å². The number of nitrogens with one attached hydrogen (secondary N) is 1. The van der Waals surface area contributed by atoms with E-state index in [1.165, 1.54) is 0 Å². The van der Waals surface area contributed by atoms with Gasteiger partial charge in [0.05, 0.1) is 0 Å². The van der Waals surface area contributed by atoms with Gasteiger partial charge in [0.2, 0.25) is 0 Å². The predicted molar refractivity (Wildman–Crippen MR) is 80.9 cm³/mol. The van der Waals surface area contributed by atoms with Crippen molar-refractivity contribution in [3.63, 3.8) is 0 Å². The van der Waals surface area contributed by atoms with Gasteiger partial charge in [0.1, 0.15) is 5.69 Å². The molecule has 2 nitrogen and oxygen atoms in total. The molecule has 0 aliphatic carbocycles. The second-order valence-corrected chi connectivity index (χ2v) is 5.99. The Balaban J connectivity index is 2.33. The summed E-state index contributed by atoms with van der Waals surface area (Å²) >= 11 is 6.27. The molecule has 0 fully saturated rings. The van der Waals surface area contributed by atoms with Crippen molar-refractivity contribution in [2.45, 2.75) is 6.92 Å². The topological polar surface area (TPSA) is 29.1 Å². The minimum atomic E-state index is -0.833. The van der Waals surface area contributed by atoms with Crippen LogP contribution in [-0.2, 0) is 0 Å². The number of halogens is 4. The van der Waals surface area contributed by atoms with Crippen LogP contribution in [0.4, 0.5) is 14.5 Å². The van der Waals surface area contributed by atoms with Crippen molar-refractivity contribution in [3.8, 4) is 0 Å². The normalized spacial score (nSPS) is 10.4. The average Bonchev–Trinajstić information content (AvgIpc) is 2.33. The zero-order valence-electron chi connectivity index (χ0n) is 10.3. The molecule has 2 aromatic carbocycles. The fourth-order valence-corrected chi connectivity index (χ4v) is 2.60. The van der Waals surface area contributed by atoms with E-state index in [4.69, 9.17) is 0 Å². The van der Waals surface area contributed by atoms with Gasteiger partial charge in [0.25, 0.3) is 5.91 Å². The van der Waals surface area contributed by atoms with E-state index in [2.05, 4.69) is 37.2 Å². The van der Waals surface area contributed by atoms with E-state index in [9.17, 15) is 13.6 Å². The highest BCUT2D eigenvalue weighted by Crippen LogP contribution is 2.25. The highest BCUT2D eigenvalue weighted by molar-refractivity contribution is 9.10. The molecule has 0 aromatic heterocycles. The first-order valence-corrected chi connectivity index (χ1v) is 7.19. The Labute approximate surface area is 131 Å². The zero-order chi connectivity index (χ0) is 14.9. The van der Waals surface area contributed by atoms with Gasteiger partial charge in [-0.25, -0.2) is 8.78 Å². The van der Waals surface area contributed by atoms with E-state index in [0.717, 1.165) is 16.6 Å². The molecule has 0 heterocycles. The summed E-state index contributed by atoms with van der Waals surface area (Å²) in [5.41, 5.74) is 0.602. The maximum Gasteiger partial charge on any atom is 0.256 e. The predicted octanol–water partition coefficient (Wildman–Crippen LogP) is 5.05. The molecule has 20 heavy (non-hydrogen) atoms. The molecular weight excluding hydrogens is 396 g/mol. The summed E-state index contributed by atoms with van der Waals surface area (Å²) < 4.78 is 28.4. The van der Waals surface area contributed by atoms with Gasteiger partial charge in [0.15, 0.2) is 11.6 Å². The molecule has 0 saturated carbocycles. The lowest BCUT2D eigenvalue weighted by atomic mass is 10.1. The van der Waals surface area contributed by atoms with Crippen molar-refractivity contribution in [3.05, 3.63) is 62.0 Å². The molecule has 0 unspecified atom stereocenters. The van der Waals surface area contributed by atoms with Gasteiger partial charge < -0.3 is 5.32 Å². The Bertz CT molecular complexity index is 666. The number of aryl methyl sites for hydroxylation is 1. The summed E-state index contributed by atoms with van der Waals surface area (Å²) in [4.78, 5) is 12.1. The van der Waals surface area contributed by atoms with Crippen molar-refractivity contribution in [2.24, 2.45) is 0 Å². The second kappa shape index (κ2) is 6.01. The van der Waals surface area contributed by atoms with Crippen molar-refractivity contribution in [2.75, 3.05) is 5.32 Å². The summed E-state index contributed by atoms with van der Waals surface area (Å²) in [6.07, 6.45) is 0. The molecule has 0 aliphatic heterocycles. The largest absolute Gasteiger partial charge is 0.317 e. The van der Waals surface area contributed by atoms with E-state index in [0.29, 0.717) is 11.1 Å². The van der Waals surface area contributed by atoms with Crippen LogP contribution in [0.5, 0.6) is 0 Å². The molecule has 0 spiro atoms. The van der Waals surface area contributed by atoms with Crippen molar-refractivity contribution >= 4 is 43.5 Å². The molecule has 1 N–H and O–H groups in total. The monoisotopic (exact) mass is 403 g/mol. The lowest BCUT2D eigenvalue weighted by molar-refractivity contribution is 0.102. The third-order valence-electron chi connectivity index (χ3n) is 2.68. The Morgan fingerprint density at radius 2 is 1.65 bits per heavy atom. The van der Waals surface area contributed by atoms with Crippen LogP contribution < -0.4 is 5.32 Å².